The van der Waals surface area contributed by atoms with Crippen LogP contribution in [0.3, 0.4) is 0 Å². The fourth-order valence-corrected chi connectivity index (χ4v) is 2.14. The van der Waals surface area contributed by atoms with Crippen molar-refractivity contribution in [2.75, 3.05) is 17.2 Å². The summed E-state index contributed by atoms with van der Waals surface area (Å²) in [4.78, 5) is 24.1. The van der Waals surface area contributed by atoms with Gasteiger partial charge >= 0.3 is 0 Å². The third kappa shape index (κ3) is 7.29. The number of carbonyl (C=O) groups excluding carboxylic acids is 2. The zero-order chi connectivity index (χ0) is 19.2. The molecule has 0 spiro atoms. The van der Waals surface area contributed by atoms with Gasteiger partial charge < -0.3 is 21.1 Å². The Kier molecular flexibility index (Phi) is 8.28. The second-order valence-electron chi connectivity index (χ2n) is 7.06. The van der Waals surface area contributed by atoms with Crippen molar-refractivity contribution in [2.45, 2.75) is 26.8 Å². The molecule has 7 heteroatoms. The van der Waals surface area contributed by atoms with Crippen molar-refractivity contribution in [3.63, 3.8) is 0 Å². The van der Waals surface area contributed by atoms with Crippen molar-refractivity contribution in [1.29, 1.82) is 0 Å². The predicted molar refractivity (Wildman–Crippen MR) is 110 cm³/mol. The van der Waals surface area contributed by atoms with Gasteiger partial charge in [0.1, 0.15) is 5.75 Å². The number of halogens is 1. The lowest BCUT2D eigenvalue weighted by molar-refractivity contribution is -0.119. The van der Waals surface area contributed by atoms with Crippen molar-refractivity contribution in [1.82, 2.24) is 0 Å². The Labute approximate surface area is 165 Å². The number of anilines is 2. The van der Waals surface area contributed by atoms with Crippen LogP contribution in [0.5, 0.6) is 5.75 Å². The van der Waals surface area contributed by atoms with Crippen LogP contribution in [0.15, 0.2) is 54.6 Å². The summed E-state index contributed by atoms with van der Waals surface area (Å²) in [5.41, 5.74) is 6.89. The third-order valence-electron chi connectivity index (χ3n) is 3.74. The van der Waals surface area contributed by atoms with Gasteiger partial charge in [0.25, 0.3) is 5.91 Å². The van der Waals surface area contributed by atoms with E-state index < -0.39 is 6.04 Å². The highest BCUT2D eigenvalue weighted by Gasteiger charge is 2.27. The molecule has 0 aromatic heterocycles. The lowest BCUT2D eigenvalue weighted by atomic mass is 9.87. The summed E-state index contributed by atoms with van der Waals surface area (Å²) < 4.78 is 5.50. The molecule has 0 aliphatic rings. The summed E-state index contributed by atoms with van der Waals surface area (Å²) in [5, 5.41) is 5.51. The monoisotopic (exact) mass is 391 g/mol. The second-order valence-corrected chi connectivity index (χ2v) is 7.06. The zero-order valence-corrected chi connectivity index (χ0v) is 16.5. The van der Waals surface area contributed by atoms with E-state index in [2.05, 4.69) is 10.6 Å². The molecule has 2 aromatic carbocycles. The Balaban J connectivity index is 0.00000364. The topological polar surface area (TPSA) is 93.5 Å². The van der Waals surface area contributed by atoms with Gasteiger partial charge in [-0.15, -0.1) is 12.4 Å². The number of amides is 2. The first-order chi connectivity index (χ1) is 12.3. The van der Waals surface area contributed by atoms with Crippen LogP contribution in [0.4, 0.5) is 11.4 Å². The maximum absolute atomic E-state index is 12.2. The van der Waals surface area contributed by atoms with E-state index in [1.54, 1.807) is 36.4 Å². The number of hydrogen-bond acceptors (Lipinski definition) is 4. The number of nitrogens with two attached hydrogens (primary N) is 1. The minimum Gasteiger partial charge on any atom is -0.484 e. The van der Waals surface area contributed by atoms with E-state index in [-0.39, 0.29) is 36.2 Å². The standard InChI is InChI=1S/C20H25N3O3.ClH/c1-20(2,3)18(21)19(25)23-15-10-7-11-16(12-15)26-13-17(24)22-14-8-5-4-6-9-14;/h4-12,18H,13,21H2,1-3H3,(H,22,24)(H,23,25);1H/t18-;/m1./s1. The van der Waals surface area contributed by atoms with E-state index in [1.807, 2.05) is 39.0 Å². The van der Waals surface area contributed by atoms with Crippen LogP contribution in [0.2, 0.25) is 0 Å². The molecule has 0 heterocycles. The number of ether oxygens (including phenoxy) is 1. The third-order valence-corrected chi connectivity index (χ3v) is 3.74. The summed E-state index contributed by atoms with van der Waals surface area (Å²) in [7, 11) is 0. The first-order valence-electron chi connectivity index (χ1n) is 8.40. The zero-order valence-electron chi connectivity index (χ0n) is 15.7. The molecule has 0 saturated heterocycles. The van der Waals surface area contributed by atoms with Crippen molar-refractivity contribution in [3.8, 4) is 5.75 Å². The van der Waals surface area contributed by atoms with Gasteiger partial charge in [0.05, 0.1) is 6.04 Å². The highest BCUT2D eigenvalue weighted by atomic mass is 35.5. The molecular formula is C20H26ClN3O3. The van der Waals surface area contributed by atoms with Gasteiger partial charge in [-0.1, -0.05) is 45.0 Å². The largest absolute Gasteiger partial charge is 0.484 e. The molecule has 6 nitrogen and oxygen atoms in total. The Bertz CT molecular complexity index is 761. The quantitative estimate of drug-likeness (QED) is 0.703. The number of benzene rings is 2. The van der Waals surface area contributed by atoms with Crippen molar-refractivity contribution in [2.24, 2.45) is 11.1 Å². The highest BCUT2D eigenvalue weighted by Crippen LogP contribution is 2.21. The van der Waals surface area contributed by atoms with Gasteiger partial charge in [0.2, 0.25) is 5.91 Å². The molecule has 1 atom stereocenters. The molecule has 0 unspecified atom stereocenters. The minimum absolute atomic E-state index is 0. The maximum Gasteiger partial charge on any atom is 0.262 e. The fourth-order valence-electron chi connectivity index (χ4n) is 2.14. The molecule has 0 radical (unpaired) electrons. The van der Waals surface area contributed by atoms with Gasteiger partial charge in [0, 0.05) is 17.4 Å². The van der Waals surface area contributed by atoms with E-state index in [4.69, 9.17) is 10.5 Å². The number of carbonyl (C=O) groups is 2. The van der Waals surface area contributed by atoms with E-state index in [9.17, 15) is 9.59 Å². The fraction of sp³-hybridized carbons (Fsp3) is 0.300. The van der Waals surface area contributed by atoms with Gasteiger partial charge in [-0.05, 0) is 29.7 Å². The molecule has 4 N–H and O–H groups in total. The van der Waals surface area contributed by atoms with E-state index >= 15 is 0 Å². The van der Waals surface area contributed by atoms with Crippen LogP contribution in [0.25, 0.3) is 0 Å². The summed E-state index contributed by atoms with van der Waals surface area (Å²) in [6.45, 7) is 5.58. The van der Waals surface area contributed by atoms with Gasteiger partial charge in [-0.25, -0.2) is 0 Å². The van der Waals surface area contributed by atoms with Crippen molar-refractivity contribution in [3.05, 3.63) is 54.6 Å². The Morgan fingerprint density at radius 2 is 1.63 bits per heavy atom. The first kappa shape index (κ1) is 22.5. The Hall–Kier alpha value is -2.57. The van der Waals surface area contributed by atoms with Crippen molar-refractivity contribution >= 4 is 35.6 Å². The lowest BCUT2D eigenvalue weighted by Gasteiger charge is -2.25. The molecule has 0 aliphatic carbocycles. The second kappa shape index (κ2) is 9.94. The summed E-state index contributed by atoms with van der Waals surface area (Å²) >= 11 is 0. The molecule has 2 amide bonds. The lowest BCUT2D eigenvalue weighted by Crippen LogP contribution is -2.45. The molecule has 146 valence electrons. The average Bonchev–Trinajstić information content (AvgIpc) is 2.59. The summed E-state index contributed by atoms with van der Waals surface area (Å²) in [6.07, 6.45) is 0. The smallest absolute Gasteiger partial charge is 0.262 e. The predicted octanol–water partition coefficient (Wildman–Crippen LogP) is 3.44. The van der Waals surface area contributed by atoms with Gasteiger partial charge in [0.15, 0.2) is 6.61 Å². The van der Waals surface area contributed by atoms with Crippen LogP contribution >= 0.6 is 12.4 Å². The van der Waals surface area contributed by atoms with Crippen LogP contribution in [-0.4, -0.2) is 24.5 Å². The number of para-hydroxylation sites is 1. The number of rotatable bonds is 6. The van der Waals surface area contributed by atoms with Crippen LogP contribution in [0, 0.1) is 5.41 Å². The highest BCUT2D eigenvalue weighted by molar-refractivity contribution is 5.95. The molecule has 0 bridgehead atoms. The number of nitrogens with one attached hydrogen (secondary N) is 2. The first-order valence-corrected chi connectivity index (χ1v) is 8.40. The van der Waals surface area contributed by atoms with E-state index in [0.29, 0.717) is 17.1 Å². The SMILES string of the molecule is CC(C)(C)[C@H](N)C(=O)Nc1cccc(OCC(=O)Nc2ccccc2)c1.Cl. The normalized spacial score (nSPS) is 11.7. The molecule has 0 saturated carbocycles. The molecule has 2 aromatic rings. The Morgan fingerprint density at radius 1 is 1.00 bits per heavy atom. The summed E-state index contributed by atoms with van der Waals surface area (Å²) in [6, 6.07) is 15.4. The van der Waals surface area contributed by atoms with Crippen molar-refractivity contribution < 1.29 is 14.3 Å². The molecule has 0 fully saturated rings. The Morgan fingerprint density at radius 3 is 2.26 bits per heavy atom. The summed E-state index contributed by atoms with van der Waals surface area (Å²) in [5.74, 6) is -0.0489. The molecule has 27 heavy (non-hydrogen) atoms. The van der Waals surface area contributed by atoms with E-state index in [0.717, 1.165) is 0 Å². The minimum atomic E-state index is -0.635. The van der Waals surface area contributed by atoms with Crippen LogP contribution < -0.4 is 21.1 Å². The van der Waals surface area contributed by atoms with E-state index in [1.165, 1.54) is 0 Å². The van der Waals surface area contributed by atoms with Gasteiger partial charge in [-0.2, -0.15) is 0 Å². The average molecular weight is 392 g/mol. The van der Waals surface area contributed by atoms with Crippen LogP contribution in [0.1, 0.15) is 20.8 Å². The molecular weight excluding hydrogens is 366 g/mol. The molecule has 2 rings (SSSR count). The van der Waals surface area contributed by atoms with Gasteiger partial charge in [-0.3, -0.25) is 9.59 Å². The maximum atomic E-state index is 12.2. The van der Waals surface area contributed by atoms with Crippen LogP contribution in [-0.2, 0) is 9.59 Å². The number of hydrogen-bond donors (Lipinski definition) is 3. The molecule has 0 aliphatic heterocycles.